The van der Waals surface area contributed by atoms with E-state index in [0.29, 0.717) is 10.5 Å². The second kappa shape index (κ2) is 5.28. The summed E-state index contributed by atoms with van der Waals surface area (Å²) in [6, 6.07) is 18.0. The lowest BCUT2D eigenvalue weighted by Crippen LogP contribution is -2.04. The third kappa shape index (κ3) is 2.92. The van der Waals surface area contributed by atoms with E-state index in [0.717, 1.165) is 5.69 Å². The van der Waals surface area contributed by atoms with Gasteiger partial charge in [-0.1, -0.05) is 18.2 Å². The molecule has 2 aromatic carbocycles. The van der Waals surface area contributed by atoms with Gasteiger partial charge in [-0.3, -0.25) is 0 Å². The standard InChI is InChI=1S/C13H10N2OS/c14-10-11-6-8-13(9-7-11)17(16)15-12-4-2-1-3-5-12/h1-9,15H. The molecular weight excluding hydrogens is 232 g/mol. The van der Waals surface area contributed by atoms with Crippen molar-refractivity contribution in [2.75, 3.05) is 4.72 Å². The van der Waals surface area contributed by atoms with Gasteiger partial charge in [0.05, 0.1) is 16.5 Å². The van der Waals surface area contributed by atoms with E-state index >= 15 is 0 Å². The average molecular weight is 242 g/mol. The highest BCUT2D eigenvalue weighted by molar-refractivity contribution is 7.86. The largest absolute Gasteiger partial charge is 0.301 e. The number of anilines is 1. The molecule has 1 atom stereocenters. The minimum atomic E-state index is -1.30. The van der Waals surface area contributed by atoms with Crippen LogP contribution in [-0.4, -0.2) is 4.21 Å². The molecule has 0 aliphatic carbocycles. The van der Waals surface area contributed by atoms with E-state index in [9.17, 15) is 4.21 Å². The molecule has 0 amide bonds. The van der Waals surface area contributed by atoms with Gasteiger partial charge >= 0.3 is 0 Å². The zero-order valence-electron chi connectivity index (χ0n) is 8.96. The first-order valence-electron chi connectivity index (χ1n) is 5.03. The van der Waals surface area contributed by atoms with Crippen molar-refractivity contribution in [2.45, 2.75) is 4.90 Å². The highest BCUT2D eigenvalue weighted by atomic mass is 32.2. The van der Waals surface area contributed by atoms with E-state index < -0.39 is 11.0 Å². The zero-order chi connectivity index (χ0) is 12.1. The van der Waals surface area contributed by atoms with Crippen LogP contribution in [0.1, 0.15) is 5.56 Å². The maximum absolute atomic E-state index is 11.9. The van der Waals surface area contributed by atoms with E-state index in [1.165, 1.54) is 0 Å². The molecule has 0 saturated carbocycles. The van der Waals surface area contributed by atoms with Crippen LogP contribution in [0, 0.1) is 11.3 Å². The van der Waals surface area contributed by atoms with Gasteiger partial charge in [-0.25, -0.2) is 4.21 Å². The molecule has 0 aliphatic rings. The quantitative estimate of drug-likeness (QED) is 0.899. The van der Waals surface area contributed by atoms with Crippen LogP contribution < -0.4 is 4.72 Å². The van der Waals surface area contributed by atoms with Crippen LogP contribution in [0.2, 0.25) is 0 Å². The first-order valence-corrected chi connectivity index (χ1v) is 6.18. The number of hydrogen-bond acceptors (Lipinski definition) is 2. The Morgan fingerprint density at radius 3 is 2.24 bits per heavy atom. The number of nitrogens with zero attached hydrogens (tertiary/aromatic N) is 1. The Labute approximate surface area is 102 Å². The SMILES string of the molecule is N#Cc1ccc(S(=O)Nc2ccccc2)cc1. The number of nitriles is 1. The fourth-order valence-corrected chi connectivity index (χ4v) is 2.18. The van der Waals surface area contributed by atoms with Gasteiger partial charge in [0.15, 0.2) is 0 Å². The summed E-state index contributed by atoms with van der Waals surface area (Å²) in [7, 11) is -1.30. The molecule has 84 valence electrons. The summed E-state index contributed by atoms with van der Waals surface area (Å²) in [5.74, 6) is 0. The van der Waals surface area contributed by atoms with Gasteiger partial charge < -0.3 is 4.72 Å². The molecule has 17 heavy (non-hydrogen) atoms. The molecule has 1 unspecified atom stereocenters. The summed E-state index contributed by atoms with van der Waals surface area (Å²) < 4.78 is 14.8. The molecule has 0 heterocycles. The van der Waals surface area contributed by atoms with Crippen molar-refractivity contribution in [1.29, 1.82) is 5.26 Å². The Hall–Kier alpha value is -2.12. The van der Waals surface area contributed by atoms with Gasteiger partial charge in [0.25, 0.3) is 0 Å². The fourth-order valence-electron chi connectivity index (χ4n) is 1.33. The van der Waals surface area contributed by atoms with Gasteiger partial charge in [0, 0.05) is 5.69 Å². The van der Waals surface area contributed by atoms with Crippen LogP contribution in [0.4, 0.5) is 5.69 Å². The minimum Gasteiger partial charge on any atom is -0.301 e. The lowest BCUT2D eigenvalue weighted by molar-refractivity contribution is 0.686. The molecule has 0 saturated heterocycles. The number of nitrogens with one attached hydrogen (secondary N) is 1. The van der Waals surface area contributed by atoms with E-state index in [-0.39, 0.29) is 0 Å². The Morgan fingerprint density at radius 2 is 1.65 bits per heavy atom. The van der Waals surface area contributed by atoms with E-state index in [2.05, 4.69) is 4.72 Å². The summed E-state index contributed by atoms with van der Waals surface area (Å²) in [4.78, 5) is 0.646. The van der Waals surface area contributed by atoms with Crippen molar-refractivity contribution in [3.8, 4) is 6.07 Å². The topological polar surface area (TPSA) is 52.9 Å². The first kappa shape index (κ1) is 11.4. The summed E-state index contributed by atoms with van der Waals surface area (Å²) >= 11 is 0. The molecule has 2 rings (SSSR count). The van der Waals surface area contributed by atoms with Gasteiger partial charge in [-0.15, -0.1) is 0 Å². The number of rotatable bonds is 3. The summed E-state index contributed by atoms with van der Waals surface area (Å²) in [5, 5.41) is 8.66. The second-order valence-corrected chi connectivity index (χ2v) is 4.59. The Morgan fingerprint density at radius 1 is 1.00 bits per heavy atom. The molecule has 4 heteroatoms. The summed E-state index contributed by atoms with van der Waals surface area (Å²) in [6.07, 6.45) is 0. The van der Waals surface area contributed by atoms with Gasteiger partial charge in [0.1, 0.15) is 11.0 Å². The molecule has 0 bridgehead atoms. The molecule has 2 aromatic rings. The van der Waals surface area contributed by atoms with Gasteiger partial charge in [0.2, 0.25) is 0 Å². The van der Waals surface area contributed by atoms with Gasteiger partial charge in [-0.05, 0) is 36.4 Å². The molecule has 0 aromatic heterocycles. The Balaban J connectivity index is 2.13. The minimum absolute atomic E-state index is 0.561. The van der Waals surface area contributed by atoms with Crippen LogP contribution in [-0.2, 0) is 11.0 Å². The predicted molar refractivity (Wildman–Crippen MR) is 67.6 cm³/mol. The van der Waals surface area contributed by atoms with Crippen LogP contribution in [0.3, 0.4) is 0 Å². The Bertz CT molecular complexity index is 558. The smallest absolute Gasteiger partial charge is 0.150 e. The lowest BCUT2D eigenvalue weighted by atomic mass is 10.2. The van der Waals surface area contributed by atoms with Crippen molar-refractivity contribution < 1.29 is 4.21 Å². The summed E-state index contributed by atoms with van der Waals surface area (Å²) in [5.41, 5.74) is 1.36. The number of benzene rings is 2. The fraction of sp³-hybridized carbons (Fsp3) is 0. The third-order valence-corrected chi connectivity index (χ3v) is 3.30. The van der Waals surface area contributed by atoms with Crippen molar-refractivity contribution in [3.63, 3.8) is 0 Å². The van der Waals surface area contributed by atoms with Crippen LogP contribution in [0.15, 0.2) is 59.5 Å². The highest BCUT2D eigenvalue weighted by Crippen LogP contribution is 2.12. The van der Waals surface area contributed by atoms with E-state index in [4.69, 9.17) is 5.26 Å². The number of hydrogen-bond donors (Lipinski definition) is 1. The van der Waals surface area contributed by atoms with Crippen molar-refractivity contribution in [1.82, 2.24) is 0 Å². The average Bonchev–Trinajstić information content (AvgIpc) is 2.40. The normalized spacial score (nSPS) is 11.5. The lowest BCUT2D eigenvalue weighted by Gasteiger charge is -2.05. The predicted octanol–water partition coefficient (Wildman–Crippen LogP) is 2.69. The first-order chi connectivity index (χ1) is 8.29. The van der Waals surface area contributed by atoms with E-state index in [1.807, 2.05) is 36.4 Å². The zero-order valence-corrected chi connectivity index (χ0v) is 9.78. The summed E-state index contributed by atoms with van der Waals surface area (Å²) in [6.45, 7) is 0. The maximum Gasteiger partial charge on any atom is 0.150 e. The van der Waals surface area contributed by atoms with Crippen LogP contribution >= 0.6 is 0 Å². The van der Waals surface area contributed by atoms with Crippen molar-refractivity contribution in [2.24, 2.45) is 0 Å². The maximum atomic E-state index is 11.9. The molecule has 0 fully saturated rings. The van der Waals surface area contributed by atoms with Gasteiger partial charge in [-0.2, -0.15) is 5.26 Å². The van der Waals surface area contributed by atoms with Crippen LogP contribution in [0.5, 0.6) is 0 Å². The molecule has 0 radical (unpaired) electrons. The monoisotopic (exact) mass is 242 g/mol. The van der Waals surface area contributed by atoms with E-state index in [1.54, 1.807) is 24.3 Å². The third-order valence-electron chi connectivity index (χ3n) is 2.18. The van der Waals surface area contributed by atoms with Crippen LogP contribution in [0.25, 0.3) is 0 Å². The molecule has 1 N–H and O–H groups in total. The molecule has 3 nitrogen and oxygen atoms in total. The second-order valence-electron chi connectivity index (χ2n) is 3.37. The molecule has 0 aliphatic heterocycles. The highest BCUT2D eigenvalue weighted by Gasteiger charge is 2.03. The molecule has 0 spiro atoms. The van der Waals surface area contributed by atoms with Crippen molar-refractivity contribution >= 4 is 16.7 Å². The van der Waals surface area contributed by atoms with Crippen molar-refractivity contribution in [3.05, 3.63) is 60.2 Å². The molecular formula is C13H10N2OS. The number of para-hydroxylation sites is 1. The Kier molecular flexibility index (Phi) is 3.53.